The second kappa shape index (κ2) is 7.61. The summed E-state index contributed by atoms with van der Waals surface area (Å²) in [6.07, 6.45) is 1.49. The van der Waals surface area contributed by atoms with Gasteiger partial charge in [0, 0.05) is 11.0 Å². The van der Waals surface area contributed by atoms with E-state index < -0.39 is 5.97 Å². The van der Waals surface area contributed by atoms with Crippen molar-refractivity contribution in [2.75, 3.05) is 13.1 Å². The van der Waals surface area contributed by atoms with Crippen molar-refractivity contribution in [1.29, 1.82) is 0 Å². The zero-order chi connectivity index (χ0) is 17.9. The summed E-state index contributed by atoms with van der Waals surface area (Å²) in [5, 5.41) is 13.3. The third-order valence-corrected chi connectivity index (χ3v) is 3.99. The Morgan fingerprint density at radius 2 is 2.08 bits per heavy atom. The summed E-state index contributed by atoms with van der Waals surface area (Å²) in [4.78, 5) is 25.2. The molecule has 128 valence electrons. The maximum atomic E-state index is 12.7. The maximum absolute atomic E-state index is 12.7. The van der Waals surface area contributed by atoms with E-state index in [1.165, 1.54) is 11.1 Å². The molecular formula is C17H20BrN3O3. The molecule has 0 unspecified atom stereocenters. The predicted octanol–water partition coefficient (Wildman–Crippen LogP) is 3.13. The lowest BCUT2D eigenvalue weighted by Gasteiger charge is -2.22. The second-order valence-corrected chi connectivity index (χ2v) is 6.92. The molecule has 1 aromatic carbocycles. The lowest BCUT2D eigenvalue weighted by molar-refractivity contribution is -0.137. The minimum atomic E-state index is -1.03. The summed E-state index contributed by atoms with van der Waals surface area (Å²) in [5.41, 5.74) is 1.92. The van der Waals surface area contributed by atoms with Gasteiger partial charge in [-0.15, -0.1) is 0 Å². The van der Waals surface area contributed by atoms with Crippen molar-refractivity contribution < 1.29 is 14.7 Å². The molecule has 24 heavy (non-hydrogen) atoms. The summed E-state index contributed by atoms with van der Waals surface area (Å²) in [6, 6.07) is 7.59. The van der Waals surface area contributed by atoms with Crippen LogP contribution in [0.3, 0.4) is 0 Å². The zero-order valence-corrected chi connectivity index (χ0v) is 15.4. The first-order chi connectivity index (χ1) is 11.3. The Morgan fingerprint density at radius 1 is 1.38 bits per heavy atom. The van der Waals surface area contributed by atoms with Crippen LogP contribution in [0.25, 0.3) is 5.69 Å². The van der Waals surface area contributed by atoms with Crippen LogP contribution in [0.15, 0.2) is 34.9 Å². The first kappa shape index (κ1) is 18.2. The monoisotopic (exact) mass is 393 g/mol. The molecule has 1 amide bonds. The Bertz CT molecular complexity index is 755. The Morgan fingerprint density at radius 3 is 2.67 bits per heavy atom. The van der Waals surface area contributed by atoms with E-state index in [4.69, 9.17) is 5.11 Å². The van der Waals surface area contributed by atoms with Crippen molar-refractivity contribution in [3.05, 3.63) is 46.2 Å². The van der Waals surface area contributed by atoms with Crippen LogP contribution in [-0.2, 0) is 4.79 Å². The van der Waals surface area contributed by atoms with Crippen molar-refractivity contribution >= 4 is 27.8 Å². The number of carbonyl (C=O) groups excluding carboxylic acids is 1. The van der Waals surface area contributed by atoms with Gasteiger partial charge in [-0.2, -0.15) is 5.10 Å². The van der Waals surface area contributed by atoms with Gasteiger partial charge in [-0.1, -0.05) is 35.8 Å². The third kappa shape index (κ3) is 4.23. The molecule has 0 aliphatic rings. The molecule has 0 aliphatic heterocycles. The highest BCUT2D eigenvalue weighted by Gasteiger charge is 2.23. The Kier molecular flexibility index (Phi) is 5.77. The van der Waals surface area contributed by atoms with Gasteiger partial charge in [0.15, 0.2) is 0 Å². The van der Waals surface area contributed by atoms with Crippen LogP contribution in [0.4, 0.5) is 0 Å². The molecule has 0 bridgehead atoms. The quantitative estimate of drug-likeness (QED) is 0.817. The molecule has 1 aromatic heterocycles. The molecule has 1 heterocycles. The Labute approximate surface area is 149 Å². The SMILES string of the molecule is Cc1c(C(=O)N(CC(=O)O)CC(C)C)cnn1-c1cccc(Br)c1. The average Bonchev–Trinajstić information content (AvgIpc) is 2.86. The van der Waals surface area contributed by atoms with Crippen LogP contribution in [0.1, 0.15) is 29.9 Å². The molecule has 2 aromatic rings. The summed E-state index contributed by atoms with van der Waals surface area (Å²) in [7, 11) is 0. The van der Waals surface area contributed by atoms with Crippen LogP contribution in [0, 0.1) is 12.8 Å². The second-order valence-electron chi connectivity index (χ2n) is 6.01. The topological polar surface area (TPSA) is 75.4 Å². The van der Waals surface area contributed by atoms with E-state index in [2.05, 4.69) is 21.0 Å². The molecular weight excluding hydrogens is 374 g/mol. The molecule has 2 rings (SSSR count). The molecule has 0 atom stereocenters. The van der Waals surface area contributed by atoms with Crippen molar-refractivity contribution in [2.45, 2.75) is 20.8 Å². The standard InChI is InChI=1S/C17H20BrN3O3/c1-11(2)9-20(10-16(22)23)17(24)15-8-19-21(12(15)3)14-6-4-5-13(18)7-14/h4-8,11H,9-10H2,1-3H3,(H,22,23). The largest absolute Gasteiger partial charge is 0.480 e. The van der Waals surface area contributed by atoms with Gasteiger partial charge in [-0.3, -0.25) is 9.59 Å². The van der Waals surface area contributed by atoms with Gasteiger partial charge in [0.2, 0.25) is 0 Å². The minimum Gasteiger partial charge on any atom is -0.480 e. The van der Waals surface area contributed by atoms with E-state index in [-0.39, 0.29) is 18.4 Å². The number of halogens is 1. The molecule has 0 spiro atoms. The van der Waals surface area contributed by atoms with E-state index >= 15 is 0 Å². The van der Waals surface area contributed by atoms with E-state index in [0.29, 0.717) is 17.8 Å². The van der Waals surface area contributed by atoms with Crippen molar-refractivity contribution in [3.63, 3.8) is 0 Å². The number of aliphatic carboxylic acids is 1. The number of hydrogen-bond donors (Lipinski definition) is 1. The lowest BCUT2D eigenvalue weighted by atomic mass is 10.1. The van der Waals surface area contributed by atoms with Crippen molar-refractivity contribution in [1.82, 2.24) is 14.7 Å². The number of carboxylic acid groups (broad SMARTS) is 1. The van der Waals surface area contributed by atoms with Crippen LogP contribution in [0.2, 0.25) is 0 Å². The molecule has 0 saturated heterocycles. The van der Waals surface area contributed by atoms with Gasteiger partial charge in [0.25, 0.3) is 5.91 Å². The number of carbonyl (C=O) groups is 2. The van der Waals surface area contributed by atoms with Gasteiger partial charge in [-0.05, 0) is 31.0 Å². The summed E-state index contributed by atoms with van der Waals surface area (Å²) < 4.78 is 2.59. The smallest absolute Gasteiger partial charge is 0.323 e. The van der Waals surface area contributed by atoms with Gasteiger partial charge in [0.05, 0.1) is 23.1 Å². The fourth-order valence-electron chi connectivity index (χ4n) is 2.48. The third-order valence-electron chi connectivity index (χ3n) is 3.49. The van der Waals surface area contributed by atoms with Gasteiger partial charge in [-0.25, -0.2) is 4.68 Å². The van der Waals surface area contributed by atoms with Gasteiger partial charge >= 0.3 is 5.97 Å². The molecule has 0 radical (unpaired) electrons. The fourth-order valence-corrected chi connectivity index (χ4v) is 2.87. The molecule has 6 nitrogen and oxygen atoms in total. The van der Waals surface area contributed by atoms with Crippen LogP contribution in [-0.4, -0.2) is 44.8 Å². The zero-order valence-electron chi connectivity index (χ0n) is 13.9. The number of rotatable bonds is 6. The highest BCUT2D eigenvalue weighted by atomic mass is 79.9. The Balaban J connectivity index is 2.34. The number of carboxylic acids is 1. The number of hydrogen-bond acceptors (Lipinski definition) is 3. The number of nitrogens with zero attached hydrogens (tertiary/aromatic N) is 3. The molecule has 1 N–H and O–H groups in total. The summed E-state index contributed by atoms with van der Waals surface area (Å²) >= 11 is 3.42. The average molecular weight is 394 g/mol. The van der Waals surface area contributed by atoms with Crippen LogP contribution >= 0.6 is 15.9 Å². The molecule has 7 heteroatoms. The van der Waals surface area contributed by atoms with Gasteiger partial charge < -0.3 is 10.0 Å². The summed E-state index contributed by atoms with van der Waals surface area (Å²) in [5.74, 6) is -1.17. The number of benzene rings is 1. The van der Waals surface area contributed by atoms with E-state index in [1.54, 1.807) is 11.6 Å². The maximum Gasteiger partial charge on any atom is 0.323 e. The van der Waals surface area contributed by atoms with Crippen molar-refractivity contribution in [3.8, 4) is 5.69 Å². The normalized spacial score (nSPS) is 10.9. The lowest BCUT2D eigenvalue weighted by Crippen LogP contribution is -2.38. The van der Waals surface area contributed by atoms with E-state index in [1.807, 2.05) is 38.1 Å². The van der Waals surface area contributed by atoms with E-state index in [0.717, 1.165) is 10.2 Å². The molecule has 0 fully saturated rings. The number of amides is 1. The van der Waals surface area contributed by atoms with Crippen LogP contribution in [0.5, 0.6) is 0 Å². The van der Waals surface area contributed by atoms with Crippen LogP contribution < -0.4 is 0 Å². The Hall–Kier alpha value is -2.15. The predicted molar refractivity (Wildman–Crippen MR) is 94.4 cm³/mol. The minimum absolute atomic E-state index is 0.175. The highest BCUT2D eigenvalue weighted by molar-refractivity contribution is 9.10. The number of aromatic nitrogens is 2. The highest BCUT2D eigenvalue weighted by Crippen LogP contribution is 2.19. The van der Waals surface area contributed by atoms with Gasteiger partial charge in [0.1, 0.15) is 6.54 Å². The fraction of sp³-hybridized carbons (Fsp3) is 0.353. The first-order valence-corrected chi connectivity index (χ1v) is 8.40. The van der Waals surface area contributed by atoms with E-state index in [9.17, 15) is 9.59 Å². The molecule has 0 saturated carbocycles. The van der Waals surface area contributed by atoms with Crippen molar-refractivity contribution in [2.24, 2.45) is 5.92 Å². The first-order valence-electron chi connectivity index (χ1n) is 7.61. The molecule has 0 aliphatic carbocycles. The summed E-state index contributed by atoms with van der Waals surface area (Å²) in [6.45, 7) is 5.75.